The van der Waals surface area contributed by atoms with Crippen LogP contribution in [0.4, 0.5) is 13.2 Å². The van der Waals surface area contributed by atoms with Crippen molar-refractivity contribution in [3.63, 3.8) is 0 Å². The Morgan fingerprint density at radius 1 is 1.33 bits per heavy atom. The molecule has 0 aliphatic carbocycles. The molecule has 2 amide bonds. The second kappa shape index (κ2) is 5.47. The highest BCUT2D eigenvalue weighted by Crippen LogP contribution is 2.45. The van der Waals surface area contributed by atoms with Crippen LogP contribution in [0.3, 0.4) is 0 Å². The first-order valence-corrected chi connectivity index (χ1v) is 7.00. The van der Waals surface area contributed by atoms with E-state index in [-0.39, 0.29) is 25.4 Å². The van der Waals surface area contributed by atoms with Crippen molar-refractivity contribution in [2.75, 3.05) is 33.7 Å². The number of rotatable bonds is 2. The average Bonchev–Trinajstić information content (AvgIpc) is 3.05. The predicted octanol–water partition coefficient (Wildman–Crippen LogP) is 0.608. The van der Waals surface area contributed by atoms with E-state index in [9.17, 15) is 22.8 Å². The van der Waals surface area contributed by atoms with Gasteiger partial charge in [0.05, 0.1) is 0 Å². The van der Waals surface area contributed by atoms with Crippen LogP contribution in [0.5, 0.6) is 0 Å². The van der Waals surface area contributed by atoms with Crippen molar-refractivity contribution in [3.8, 4) is 0 Å². The second-order valence-electron chi connectivity index (χ2n) is 5.90. The Bertz CT molecular complexity index is 431. The van der Waals surface area contributed by atoms with E-state index in [0.29, 0.717) is 12.8 Å². The number of nitrogens with one attached hydrogen (secondary N) is 1. The average molecular weight is 307 g/mol. The summed E-state index contributed by atoms with van der Waals surface area (Å²) >= 11 is 0. The molecule has 2 heterocycles. The maximum absolute atomic E-state index is 13.4. The van der Waals surface area contributed by atoms with Gasteiger partial charge in [-0.05, 0) is 25.8 Å². The van der Waals surface area contributed by atoms with Crippen LogP contribution in [0.15, 0.2) is 0 Å². The smallest absolute Gasteiger partial charge is 0.347 e. The molecule has 0 spiro atoms. The number of likely N-dealkylation sites (tertiary alicyclic amines) is 1. The SMILES string of the molecule is CN(C)C(=O)C1CCCN1C(=O)C1(C(F)(F)F)CCNC1. The van der Waals surface area contributed by atoms with E-state index in [4.69, 9.17) is 0 Å². The summed E-state index contributed by atoms with van der Waals surface area (Å²) in [4.78, 5) is 27.1. The quantitative estimate of drug-likeness (QED) is 0.813. The lowest BCUT2D eigenvalue weighted by Crippen LogP contribution is -2.56. The molecule has 2 unspecified atom stereocenters. The Morgan fingerprint density at radius 3 is 2.48 bits per heavy atom. The molecular weight excluding hydrogens is 287 g/mol. The molecule has 2 rings (SSSR count). The largest absolute Gasteiger partial charge is 0.404 e. The van der Waals surface area contributed by atoms with Crippen LogP contribution in [0.1, 0.15) is 19.3 Å². The Balaban J connectivity index is 2.27. The minimum atomic E-state index is -4.61. The molecule has 8 heteroatoms. The molecule has 2 aliphatic heterocycles. The maximum atomic E-state index is 13.4. The van der Waals surface area contributed by atoms with E-state index in [2.05, 4.69) is 5.32 Å². The van der Waals surface area contributed by atoms with Crippen molar-refractivity contribution in [2.45, 2.75) is 31.5 Å². The lowest BCUT2D eigenvalue weighted by Gasteiger charge is -2.36. The lowest BCUT2D eigenvalue weighted by molar-refractivity contribution is -0.222. The number of hydrogen-bond acceptors (Lipinski definition) is 3. The maximum Gasteiger partial charge on any atom is 0.404 e. The minimum Gasteiger partial charge on any atom is -0.347 e. The summed E-state index contributed by atoms with van der Waals surface area (Å²) in [5.41, 5.74) is -2.39. The van der Waals surface area contributed by atoms with E-state index in [1.54, 1.807) is 14.1 Å². The van der Waals surface area contributed by atoms with Crippen molar-refractivity contribution < 1.29 is 22.8 Å². The zero-order valence-electron chi connectivity index (χ0n) is 12.2. The summed E-state index contributed by atoms with van der Waals surface area (Å²) < 4.78 is 40.3. The van der Waals surface area contributed by atoms with Gasteiger partial charge in [0.25, 0.3) is 0 Å². The summed E-state index contributed by atoms with van der Waals surface area (Å²) in [5, 5.41) is 2.63. The molecule has 2 atom stereocenters. The van der Waals surface area contributed by atoms with E-state index in [1.807, 2.05) is 0 Å². The Labute approximate surface area is 121 Å². The number of carbonyl (C=O) groups excluding carboxylic acids is 2. The molecule has 1 N–H and O–H groups in total. The van der Waals surface area contributed by atoms with E-state index in [0.717, 1.165) is 4.90 Å². The fourth-order valence-electron chi connectivity index (χ4n) is 3.08. The van der Waals surface area contributed by atoms with Gasteiger partial charge in [-0.25, -0.2) is 0 Å². The van der Waals surface area contributed by atoms with Gasteiger partial charge >= 0.3 is 6.18 Å². The molecule has 0 saturated carbocycles. The summed E-state index contributed by atoms with van der Waals surface area (Å²) in [6.45, 7) is -0.0407. The summed E-state index contributed by atoms with van der Waals surface area (Å²) in [5.74, 6) is -1.28. The molecule has 2 saturated heterocycles. The number of hydrogen-bond donors (Lipinski definition) is 1. The first kappa shape index (κ1) is 16.1. The van der Waals surface area contributed by atoms with Crippen molar-refractivity contribution in [1.82, 2.24) is 15.1 Å². The molecular formula is C13H20F3N3O2. The molecule has 21 heavy (non-hydrogen) atoms. The molecule has 0 aromatic carbocycles. The molecule has 120 valence electrons. The van der Waals surface area contributed by atoms with Crippen molar-refractivity contribution in [1.29, 1.82) is 0 Å². The van der Waals surface area contributed by atoms with Crippen LogP contribution in [0.2, 0.25) is 0 Å². The number of alkyl halides is 3. The lowest BCUT2D eigenvalue weighted by atomic mass is 9.84. The molecule has 2 aliphatic rings. The molecule has 5 nitrogen and oxygen atoms in total. The highest BCUT2D eigenvalue weighted by atomic mass is 19.4. The number of amides is 2. The van der Waals surface area contributed by atoms with Crippen LogP contribution >= 0.6 is 0 Å². The first-order chi connectivity index (χ1) is 9.71. The summed E-state index contributed by atoms with van der Waals surface area (Å²) in [6.07, 6.45) is -3.90. The van der Waals surface area contributed by atoms with Crippen LogP contribution in [-0.4, -0.2) is 67.6 Å². The third-order valence-corrected chi connectivity index (χ3v) is 4.35. The van der Waals surface area contributed by atoms with Gasteiger partial charge in [-0.2, -0.15) is 13.2 Å². The fourth-order valence-corrected chi connectivity index (χ4v) is 3.08. The van der Waals surface area contributed by atoms with Crippen LogP contribution in [0, 0.1) is 5.41 Å². The zero-order valence-corrected chi connectivity index (χ0v) is 12.2. The summed E-state index contributed by atoms with van der Waals surface area (Å²) in [7, 11) is 3.08. The van der Waals surface area contributed by atoms with Crippen molar-refractivity contribution >= 4 is 11.8 Å². The predicted molar refractivity (Wildman–Crippen MR) is 69.4 cm³/mol. The minimum absolute atomic E-state index is 0.158. The highest BCUT2D eigenvalue weighted by Gasteiger charge is 2.63. The zero-order chi connectivity index (χ0) is 15.8. The summed E-state index contributed by atoms with van der Waals surface area (Å²) in [6, 6.07) is -0.771. The monoisotopic (exact) mass is 307 g/mol. The number of likely N-dealkylation sites (N-methyl/N-ethyl adjacent to an activating group) is 1. The van der Waals surface area contributed by atoms with Crippen molar-refractivity contribution in [2.24, 2.45) is 5.41 Å². The van der Waals surface area contributed by atoms with E-state index in [1.165, 1.54) is 4.90 Å². The van der Waals surface area contributed by atoms with Gasteiger partial charge in [-0.15, -0.1) is 0 Å². The van der Waals surface area contributed by atoms with Gasteiger partial charge in [0.15, 0.2) is 5.41 Å². The standard InChI is InChI=1S/C13H20F3N3O2/c1-18(2)10(20)9-4-3-7-19(9)11(21)12(13(14,15)16)5-6-17-8-12/h9,17H,3-8H2,1-2H3. The Kier molecular flexibility index (Phi) is 4.19. The Morgan fingerprint density at radius 2 is 2.00 bits per heavy atom. The molecule has 0 bridgehead atoms. The number of halogens is 3. The van der Waals surface area contributed by atoms with Gasteiger partial charge in [-0.1, -0.05) is 0 Å². The van der Waals surface area contributed by atoms with Gasteiger partial charge in [0.1, 0.15) is 6.04 Å². The molecule has 0 aromatic rings. The van der Waals surface area contributed by atoms with E-state index >= 15 is 0 Å². The first-order valence-electron chi connectivity index (χ1n) is 7.00. The number of nitrogens with zero attached hydrogens (tertiary/aromatic N) is 2. The van der Waals surface area contributed by atoms with Gasteiger partial charge < -0.3 is 15.1 Å². The van der Waals surface area contributed by atoms with Crippen LogP contribution < -0.4 is 5.32 Å². The van der Waals surface area contributed by atoms with Crippen LogP contribution in [-0.2, 0) is 9.59 Å². The molecule has 2 fully saturated rings. The second-order valence-corrected chi connectivity index (χ2v) is 5.90. The molecule has 0 radical (unpaired) electrons. The normalized spacial score (nSPS) is 29.8. The van der Waals surface area contributed by atoms with Crippen LogP contribution in [0.25, 0.3) is 0 Å². The Hall–Kier alpha value is -1.31. The fraction of sp³-hybridized carbons (Fsp3) is 0.846. The van der Waals surface area contributed by atoms with Gasteiger partial charge in [0, 0.05) is 27.2 Å². The van der Waals surface area contributed by atoms with Crippen molar-refractivity contribution in [3.05, 3.63) is 0 Å². The highest BCUT2D eigenvalue weighted by molar-refractivity contribution is 5.91. The third kappa shape index (κ3) is 2.61. The van der Waals surface area contributed by atoms with Gasteiger partial charge in [-0.3, -0.25) is 9.59 Å². The van der Waals surface area contributed by atoms with E-state index < -0.39 is 30.1 Å². The topological polar surface area (TPSA) is 52.7 Å². The molecule has 0 aromatic heterocycles. The van der Waals surface area contributed by atoms with Gasteiger partial charge in [0.2, 0.25) is 11.8 Å². The number of carbonyl (C=O) groups is 2. The third-order valence-electron chi connectivity index (χ3n) is 4.35.